The molecule has 0 unspecified atom stereocenters. The Morgan fingerprint density at radius 1 is 1.03 bits per heavy atom. The lowest BCUT2D eigenvalue weighted by molar-refractivity contribution is 0.102. The zero-order chi connectivity index (χ0) is 22.0. The Labute approximate surface area is 184 Å². The molecular weight excluding hydrogens is 414 g/mol. The van der Waals surface area contributed by atoms with E-state index in [4.69, 9.17) is 16.3 Å². The monoisotopic (exact) mass is 433 g/mol. The number of hydrogen-bond donors (Lipinski definition) is 1. The standard InChI is InChI=1S/C23H20ClN5O2/c1-14-15(2)29(13-25-14)21-12-22(27-16(3)26-21)31-18-10-8-17(9-11-18)28-23(30)19-6-4-5-7-20(19)24/h4-13H,1-3H3,(H,28,30). The minimum absolute atomic E-state index is 0.277. The molecule has 8 heteroatoms. The molecule has 156 valence electrons. The molecule has 2 heterocycles. The van der Waals surface area contributed by atoms with Crippen LogP contribution in [0.2, 0.25) is 5.02 Å². The number of halogens is 1. The summed E-state index contributed by atoms with van der Waals surface area (Å²) >= 11 is 6.08. The summed E-state index contributed by atoms with van der Waals surface area (Å²) in [5.74, 6) is 1.99. The molecule has 0 spiro atoms. The van der Waals surface area contributed by atoms with Crippen molar-refractivity contribution < 1.29 is 9.53 Å². The largest absolute Gasteiger partial charge is 0.439 e. The Bertz CT molecular complexity index is 1250. The molecule has 2 aromatic carbocycles. The van der Waals surface area contributed by atoms with E-state index in [1.165, 1.54) is 0 Å². The van der Waals surface area contributed by atoms with E-state index in [-0.39, 0.29) is 5.91 Å². The van der Waals surface area contributed by atoms with Gasteiger partial charge >= 0.3 is 0 Å². The molecule has 0 fully saturated rings. The average Bonchev–Trinajstić information content (AvgIpc) is 3.08. The molecule has 4 aromatic rings. The lowest BCUT2D eigenvalue weighted by Gasteiger charge is -2.10. The number of imidazole rings is 1. The molecule has 4 rings (SSSR count). The number of aromatic nitrogens is 4. The van der Waals surface area contributed by atoms with Crippen molar-refractivity contribution in [1.29, 1.82) is 0 Å². The summed E-state index contributed by atoms with van der Waals surface area (Å²) in [5, 5.41) is 3.22. The molecule has 0 bridgehead atoms. The minimum atomic E-state index is -0.277. The zero-order valence-electron chi connectivity index (χ0n) is 17.3. The highest BCUT2D eigenvalue weighted by molar-refractivity contribution is 6.34. The third-order valence-corrected chi connectivity index (χ3v) is 5.08. The molecule has 0 radical (unpaired) electrons. The van der Waals surface area contributed by atoms with Gasteiger partial charge in [0.2, 0.25) is 5.88 Å². The smallest absolute Gasteiger partial charge is 0.257 e. The molecule has 7 nitrogen and oxygen atoms in total. The van der Waals surface area contributed by atoms with Crippen LogP contribution in [-0.4, -0.2) is 25.4 Å². The van der Waals surface area contributed by atoms with E-state index in [1.807, 2.05) is 25.3 Å². The van der Waals surface area contributed by atoms with E-state index in [9.17, 15) is 4.79 Å². The zero-order valence-corrected chi connectivity index (χ0v) is 18.0. The van der Waals surface area contributed by atoms with Gasteiger partial charge in [0.15, 0.2) is 0 Å². The molecule has 2 aromatic heterocycles. The van der Waals surface area contributed by atoms with Gasteiger partial charge in [-0.2, -0.15) is 4.98 Å². The van der Waals surface area contributed by atoms with Gasteiger partial charge in [0.05, 0.1) is 16.3 Å². The van der Waals surface area contributed by atoms with E-state index in [0.717, 1.165) is 11.4 Å². The Hall–Kier alpha value is -3.71. The summed E-state index contributed by atoms with van der Waals surface area (Å²) in [6.07, 6.45) is 1.73. The summed E-state index contributed by atoms with van der Waals surface area (Å²) < 4.78 is 7.81. The second-order valence-electron chi connectivity index (χ2n) is 6.96. The predicted octanol–water partition coefficient (Wildman–Crippen LogP) is 5.29. The van der Waals surface area contributed by atoms with Crippen molar-refractivity contribution in [1.82, 2.24) is 19.5 Å². The van der Waals surface area contributed by atoms with Crippen LogP contribution in [-0.2, 0) is 0 Å². The van der Waals surface area contributed by atoms with Crippen LogP contribution in [0.5, 0.6) is 11.6 Å². The Morgan fingerprint density at radius 2 is 1.77 bits per heavy atom. The number of nitrogens with one attached hydrogen (secondary N) is 1. The van der Waals surface area contributed by atoms with Crippen molar-refractivity contribution in [3.8, 4) is 17.4 Å². The number of carbonyl (C=O) groups excluding carboxylic acids is 1. The minimum Gasteiger partial charge on any atom is -0.439 e. The number of hydrogen-bond acceptors (Lipinski definition) is 5. The van der Waals surface area contributed by atoms with E-state index in [2.05, 4.69) is 20.3 Å². The number of nitrogens with zero attached hydrogens (tertiary/aromatic N) is 4. The first-order valence-electron chi connectivity index (χ1n) is 9.61. The molecule has 0 aliphatic carbocycles. The van der Waals surface area contributed by atoms with Gasteiger partial charge in [-0.25, -0.2) is 9.97 Å². The fourth-order valence-corrected chi connectivity index (χ4v) is 3.22. The van der Waals surface area contributed by atoms with Crippen LogP contribution >= 0.6 is 11.6 Å². The number of ether oxygens (including phenoxy) is 1. The number of rotatable bonds is 5. The van der Waals surface area contributed by atoms with Gasteiger partial charge in [-0.1, -0.05) is 23.7 Å². The molecule has 0 aliphatic heterocycles. The first kappa shape index (κ1) is 20.6. The van der Waals surface area contributed by atoms with Crippen molar-refractivity contribution in [3.63, 3.8) is 0 Å². The highest BCUT2D eigenvalue weighted by Gasteiger charge is 2.12. The predicted molar refractivity (Wildman–Crippen MR) is 119 cm³/mol. The van der Waals surface area contributed by atoms with Crippen LogP contribution in [0.1, 0.15) is 27.6 Å². The summed E-state index contributed by atoms with van der Waals surface area (Å²) in [7, 11) is 0. The summed E-state index contributed by atoms with van der Waals surface area (Å²) in [4.78, 5) is 25.5. The van der Waals surface area contributed by atoms with Crippen LogP contribution in [0.15, 0.2) is 60.9 Å². The quantitative estimate of drug-likeness (QED) is 0.462. The van der Waals surface area contributed by atoms with Crippen molar-refractivity contribution in [2.75, 3.05) is 5.32 Å². The maximum atomic E-state index is 12.4. The van der Waals surface area contributed by atoms with Crippen LogP contribution in [0.4, 0.5) is 5.69 Å². The van der Waals surface area contributed by atoms with Crippen LogP contribution < -0.4 is 10.1 Å². The summed E-state index contributed by atoms with van der Waals surface area (Å²) in [6, 6.07) is 15.7. The lowest BCUT2D eigenvalue weighted by Crippen LogP contribution is -2.12. The SMILES string of the molecule is Cc1nc(Oc2ccc(NC(=O)c3ccccc3Cl)cc2)cc(-n2cnc(C)c2C)n1. The normalized spacial score (nSPS) is 10.7. The van der Waals surface area contributed by atoms with Gasteiger partial charge < -0.3 is 10.1 Å². The van der Waals surface area contributed by atoms with Gasteiger partial charge in [0.25, 0.3) is 5.91 Å². The highest BCUT2D eigenvalue weighted by Crippen LogP contribution is 2.24. The topological polar surface area (TPSA) is 81.9 Å². The fourth-order valence-electron chi connectivity index (χ4n) is 3.00. The molecule has 31 heavy (non-hydrogen) atoms. The van der Waals surface area contributed by atoms with E-state index in [0.29, 0.717) is 39.5 Å². The molecule has 0 aliphatic rings. The second-order valence-corrected chi connectivity index (χ2v) is 7.36. The van der Waals surface area contributed by atoms with Gasteiger partial charge in [0, 0.05) is 17.4 Å². The maximum Gasteiger partial charge on any atom is 0.257 e. The maximum absolute atomic E-state index is 12.4. The highest BCUT2D eigenvalue weighted by atomic mass is 35.5. The molecule has 1 N–H and O–H groups in total. The van der Waals surface area contributed by atoms with Gasteiger partial charge in [0.1, 0.15) is 23.7 Å². The molecule has 0 atom stereocenters. The number of benzene rings is 2. The first-order valence-corrected chi connectivity index (χ1v) is 9.99. The summed E-state index contributed by atoms with van der Waals surface area (Å²) in [5.41, 5.74) is 2.98. The van der Waals surface area contributed by atoms with Crippen LogP contribution in [0, 0.1) is 20.8 Å². The van der Waals surface area contributed by atoms with E-state index in [1.54, 1.807) is 60.9 Å². The Kier molecular flexibility index (Phi) is 5.68. The fraction of sp³-hybridized carbons (Fsp3) is 0.130. The van der Waals surface area contributed by atoms with Crippen LogP contribution in [0.25, 0.3) is 5.82 Å². The van der Waals surface area contributed by atoms with Crippen LogP contribution in [0.3, 0.4) is 0 Å². The van der Waals surface area contributed by atoms with Gasteiger partial charge in [-0.15, -0.1) is 0 Å². The average molecular weight is 434 g/mol. The van der Waals surface area contributed by atoms with E-state index >= 15 is 0 Å². The molecule has 0 saturated carbocycles. The Balaban J connectivity index is 1.50. The third-order valence-electron chi connectivity index (χ3n) is 4.75. The van der Waals surface area contributed by atoms with Crippen molar-refractivity contribution >= 4 is 23.2 Å². The lowest BCUT2D eigenvalue weighted by atomic mass is 10.2. The third kappa shape index (κ3) is 4.57. The van der Waals surface area contributed by atoms with Gasteiger partial charge in [-0.05, 0) is 57.2 Å². The van der Waals surface area contributed by atoms with Crippen molar-refractivity contribution in [3.05, 3.63) is 88.7 Å². The molecule has 1 amide bonds. The van der Waals surface area contributed by atoms with Crippen molar-refractivity contribution in [2.24, 2.45) is 0 Å². The number of amides is 1. The van der Waals surface area contributed by atoms with Gasteiger partial charge in [-0.3, -0.25) is 9.36 Å². The first-order chi connectivity index (χ1) is 14.9. The van der Waals surface area contributed by atoms with Crippen molar-refractivity contribution in [2.45, 2.75) is 20.8 Å². The second kappa shape index (κ2) is 8.57. The number of aryl methyl sites for hydroxylation is 2. The molecule has 0 saturated heterocycles. The Morgan fingerprint density at radius 3 is 2.45 bits per heavy atom. The number of anilines is 1. The summed E-state index contributed by atoms with van der Waals surface area (Å²) in [6.45, 7) is 5.74. The van der Waals surface area contributed by atoms with E-state index < -0.39 is 0 Å². The molecular formula is C23H20ClN5O2. The number of carbonyl (C=O) groups is 1.